The number of ether oxygens (including phenoxy) is 1. The Kier molecular flexibility index (Phi) is 5.76. The van der Waals surface area contributed by atoms with Gasteiger partial charge in [0.25, 0.3) is 0 Å². The fourth-order valence-corrected chi connectivity index (χ4v) is 2.54. The highest BCUT2D eigenvalue weighted by Crippen LogP contribution is 2.36. The molecule has 1 aromatic rings. The number of alkyl halides is 3. The number of thiazole rings is 1. The van der Waals surface area contributed by atoms with Crippen molar-refractivity contribution in [1.82, 2.24) is 10.3 Å². The predicted molar refractivity (Wildman–Crippen MR) is 69.1 cm³/mol. The zero-order chi connectivity index (χ0) is 14.6. The van der Waals surface area contributed by atoms with Gasteiger partial charge in [-0.2, -0.15) is 13.2 Å². The summed E-state index contributed by atoms with van der Waals surface area (Å²) in [6.07, 6.45) is -4.85. The fraction of sp³-hybridized carbons (Fsp3) is 0.750. The van der Waals surface area contributed by atoms with Crippen LogP contribution in [0, 0.1) is 5.92 Å². The molecule has 0 bridgehead atoms. The fourth-order valence-electron chi connectivity index (χ4n) is 1.46. The molecule has 3 nitrogen and oxygen atoms in total. The number of nitrogens with one attached hydrogen (secondary N) is 1. The minimum atomic E-state index is -4.42. The van der Waals surface area contributed by atoms with Crippen LogP contribution in [0.4, 0.5) is 13.2 Å². The Morgan fingerprint density at radius 1 is 1.32 bits per heavy atom. The maximum Gasteiger partial charge on any atom is 0.434 e. The van der Waals surface area contributed by atoms with Crippen LogP contribution in [0.25, 0.3) is 0 Å². The molecule has 1 heterocycles. The quantitative estimate of drug-likeness (QED) is 0.870. The first-order chi connectivity index (χ1) is 8.75. The number of hydrogen-bond donors (Lipinski definition) is 1. The van der Waals surface area contributed by atoms with Crippen LogP contribution >= 0.6 is 11.3 Å². The molecule has 19 heavy (non-hydrogen) atoms. The summed E-state index contributed by atoms with van der Waals surface area (Å²) in [7, 11) is 1.45. The third-order valence-corrected chi connectivity index (χ3v) is 3.74. The van der Waals surface area contributed by atoms with E-state index >= 15 is 0 Å². The van der Waals surface area contributed by atoms with Gasteiger partial charge in [0.2, 0.25) is 0 Å². The molecule has 0 aliphatic carbocycles. The van der Waals surface area contributed by atoms with Crippen molar-refractivity contribution in [2.75, 3.05) is 13.7 Å². The third-order valence-electron chi connectivity index (χ3n) is 2.52. The van der Waals surface area contributed by atoms with Gasteiger partial charge in [0.15, 0.2) is 5.69 Å². The number of hydrogen-bond acceptors (Lipinski definition) is 4. The van der Waals surface area contributed by atoms with Gasteiger partial charge in [-0.15, -0.1) is 11.3 Å². The Bertz CT molecular complexity index is 404. The summed E-state index contributed by atoms with van der Waals surface area (Å²) in [4.78, 5) is 3.89. The molecule has 0 aromatic carbocycles. The summed E-state index contributed by atoms with van der Waals surface area (Å²) in [5, 5.41) is 3.37. The van der Waals surface area contributed by atoms with Crippen molar-refractivity contribution >= 4 is 11.3 Å². The molecule has 0 amide bonds. The minimum Gasteiger partial charge on any atom is -0.375 e. The Balaban J connectivity index is 2.90. The van der Waals surface area contributed by atoms with E-state index in [1.807, 2.05) is 13.8 Å². The Hall–Kier alpha value is -0.660. The Labute approximate surface area is 115 Å². The maximum atomic E-state index is 12.9. The number of halogens is 3. The van der Waals surface area contributed by atoms with Crippen molar-refractivity contribution < 1.29 is 17.9 Å². The molecular formula is C12H19F3N2OS. The third kappa shape index (κ3) is 4.74. The molecule has 1 rings (SSSR count). The van der Waals surface area contributed by atoms with Gasteiger partial charge >= 0.3 is 6.18 Å². The molecule has 0 radical (unpaired) electrons. The second-order valence-electron chi connectivity index (χ2n) is 4.72. The predicted octanol–water partition coefficient (Wildman–Crippen LogP) is 3.61. The monoisotopic (exact) mass is 296 g/mol. The lowest BCUT2D eigenvalue weighted by molar-refractivity contribution is -0.141. The lowest BCUT2D eigenvalue weighted by Crippen LogP contribution is -2.20. The number of nitrogens with zero attached hydrogens (tertiary/aromatic N) is 1. The number of aromatic nitrogens is 1. The standard InChI is InChI=1S/C12H19F3N2OS/c1-7(2)5-16-6-9-10(12(13,14)15)17-11(19-9)8(3)18-4/h7-8,16H,5-6H2,1-4H3. The van der Waals surface area contributed by atoms with Crippen molar-refractivity contribution in [3.63, 3.8) is 0 Å². The van der Waals surface area contributed by atoms with Crippen molar-refractivity contribution in [2.24, 2.45) is 5.92 Å². The summed E-state index contributed by atoms with van der Waals surface area (Å²) in [5.41, 5.74) is -0.798. The molecule has 0 aliphatic rings. The topological polar surface area (TPSA) is 34.1 Å². The summed E-state index contributed by atoms with van der Waals surface area (Å²) in [6, 6.07) is 0. The summed E-state index contributed by atoms with van der Waals surface area (Å²) in [5.74, 6) is 0.389. The first-order valence-corrected chi connectivity index (χ1v) is 6.87. The summed E-state index contributed by atoms with van der Waals surface area (Å²) < 4.78 is 43.7. The highest BCUT2D eigenvalue weighted by molar-refractivity contribution is 7.11. The number of rotatable bonds is 6. The lowest BCUT2D eigenvalue weighted by Gasteiger charge is -2.08. The lowest BCUT2D eigenvalue weighted by atomic mass is 10.2. The highest BCUT2D eigenvalue weighted by Gasteiger charge is 2.37. The molecule has 0 saturated carbocycles. The number of methoxy groups -OCH3 is 1. The molecule has 1 aromatic heterocycles. The molecule has 0 saturated heterocycles. The van der Waals surface area contributed by atoms with Crippen LogP contribution in [0.1, 0.15) is 42.5 Å². The van der Waals surface area contributed by atoms with E-state index in [4.69, 9.17) is 4.74 Å². The van der Waals surface area contributed by atoms with Crippen molar-refractivity contribution in [2.45, 2.75) is 39.6 Å². The largest absolute Gasteiger partial charge is 0.434 e. The van der Waals surface area contributed by atoms with Gasteiger partial charge < -0.3 is 10.1 Å². The van der Waals surface area contributed by atoms with Crippen LogP contribution in [0.15, 0.2) is 0 Å². The first kappa shape index (κ1) is 16.4. The smallest absolute Gasteiger partial charge is 0.375 e. The van der Waals surface area contributed by atoms with Crippen molar-refractivity contribution in [3.8, 4) is 0 Å². The molecule has 110 valence electrons. The summed E-state index contributed by atoms with van der Waals surface area (Å²) >= 11 is 1.05. The molecule has 0 spiro atoms. The molecule has 1 atom stereocenters. The van der Waals surface area contributed by atoms with Crippen LogP contribution in [-0.4, -0.2) is 18.6 Å². The average Bonchev–Trinajstić information content (AvgIpc) is 2.71. The van der Waals surface area contributed by atoms with Gasteiger partial charge in [0.05, 0.1) is 4.88 Å². The molecule has 7 heteroatoms. The SMILES string of the molecule is COC(C)c1nc(C(F)(F)F)c(CNCC(C)C)s1. The zero-order valence-corrected chi connectivity index (χ0v) is 12.3. The van der Waals surface area contributed by atoms with Gasteiger partial charge in [-0.05, 0) is 19.4 Å². The minimum absolute atomic E-state index is 0.182. The van der Waals surface area contributed by atoms with Gasteiger partial charge in [-0.25, -0.2) is 4.98 Å². The normalized spacial score (nSPS) is 14.1. The molecule has 0 aliphatic heterocycles. The van der Waals surface area contributed by atoms with E-state index in [0.717, 1.165) is 11.3 Å². The van der Waals surface area contributed by atoms with Crippen molar-refractivity contribution in [1.29, 1.82) is 0 Å². The molecular weight excluding hydrogens is 277 g/mol. The average molecular weight is 296 g/mol. The maximum absolute atomic E-state index is 12.9. The van der Waals surface area contributed by atoms with Crippen LogP contribution in [0.3, 0.4) is 0 Å². The van der Waals surface area contributed by atoms with Crippen LogP contribution in [-0.2, 0) is 17.5 Å². The van der Waals surface area contributed by atoms with Crippen molar-refractivity contribution in [3.05, 3.63) is 15.6 Å². The highest BCUT2D eigenvalue weighted by atomic mass is 32.1. The van der Waals surface area contributed by atoms with Crippen LogP contribution in [0.2, 0.25) is 0 Å². The van der Waals surface area contributed by atoms with Gasteiger partial charge in [-0.3, -0.25) is 0 Å². The zero-order valence-electron chi connectivity index (χ0n) is 11.5. The Morgan fingerprint density at radius 3 is 2.42 bits per heavy atom. The molecule has 1 unspecified atom stereocenters. The molecule has 1 N–H and O–H groups in total. The molecule has 0 fully saturated rings. The van der Waals surface area contributed by atoms with Crippen LogP contribution < -0.4 is 5.32 Å². The van der Waals surface area contributed by atoms with E-state index in [0.29, 0.717) is 17.5 Å². The first-order valence-electron chi connectivity index (χ1n) is 6.06. The Morgan fingerprint density at radius 2 is 1.95 bits per heavy atom. The van der Waals surface area contributed by atoms with E-state index in [2.05, 4.69) is 10.3 Å². The van der Waals surface area contributed by atoms with E-state index in [1.54, 1.807) is 6.92 Å². The van der Waals surface area contributed by atoms with Gasteiger partial charge in [0, 0.05) is 13.7 Å². The van der Waals surface area contributed by atoms with E-state index in [-0.39, 0.29) is 11.4 Å². The van der Waals surface area contributed by atoms with E-state index in [1.165, 1.54) is 7.11 Å². The van der Waals surface area contributed by atoms with Gasteiger partial charge in [0.1, 0.15) is 11.1 Å². The second kappa shape index (κ2) is 6.67. The summed E-state index contributed by atoms with van der Waals surface area (Å²) in [6.45, 7) is 6.54. The van der Waals surface area contributed by atoms with E-state index in [9.17, 15) is 13.2 Å². The van der Waals surface area contributed by atoms with Crippen LogP contribution in [0.5, 0.6) is 0 Å². The van der Waals surface area contributed by atoms with E-state index < -0.39 is 18.0 Å². The van der Waals surface area contributed by atoms with Gasteiger partial charge in [-0.1, -0.05) is 13.8 Å². The second-order valence-corrected chi connectivity index (χ2v) is 5.84.